The zero-order chi connectivity index (χ0) is 33.6. The molecule has 19 atom stereocenters. The quantitative estimate of drug-likeness (QED) is 0.143. The molecule has 0 bridgehead atoms. The lowest BCUT2D eigenvalue weighted by Gasteiger charge is -2.67. The van der Waals surface area contributed by atoms with Gasteiger partial charge in [-0.2, -0.15) is 0 Å². The smallest absolute Gasteiger partial charge is 0.186 e. The van der Waals surface area contributed by atoms with Crippen molar-refractivity contribution in [1.29, 1.82) is 0 Å². The number of aliphatic hydroxyl groups is 9. The maximum atomic E-state index is 11.8. The fourth-order valence-corrected chi connectivity index (χ4v) is 11.5. The SMILES string of the molecule is CO[C@]1(CCCCO[C@@H]2O[C@H](CO)[C@@H](O)[C@H](O)[C@H]2O)O[C@H]2C[C@H]3[C@@H]4CC[C@]5(O)[C@@H](O)[C@@H](O)[C@@H](O)[C@@H](O)[C@]5(C)[C@H]4CC[C@]3(C)[C@H]2[C@@H]1C. The van der Waals surface area contributed by atoms with Gasteiger partial charge in [-0.15, -0.1) is 0 Å². The fourth-order valence-electron chi connectivity index (χ4n) is 11.5. The molecule has 0 aromatic heterocycles. The maximum Gasteiger partial charge on any atom is 0.186 e. The van der Waals surface area contributed by atoms with Gasteiger partial charge in [0.15, 0.2) is 12.1 Å². The Morgan fingerprint density at radius 3 is 2.20 bits per heavy atom. The highest BCUT2D eigenvalue weighted by molar-refractivity contribution is 5.22. The highest BCUT2D eigenvalue weighted by Gasteiger charge is 2.74. The highest BCUT2D eigenvalue weighted by atomic mass is 16.7. The molecule has 0 spiro atoms. The van der Waals surface area contributed by atoms with Crippen LogP contribution in [0.5, 0.6) is 0 Å². The van der Waals surface area contributed by atoms with Crippen LogP contribution >= 0.6 is 0 Å². The van der Waals surface area contributed by atoms with Gasteiger partial charge in [-0.05, 0) is 74.0 Å². The number of rotatable bonds is 8. The summed E-state index contributed by atoms with van der Waals surface area (Å²) in [5.41, 5.74) is -2.94. The van der Waals surface area contributed by atoms with Gasteiger partial charge in [0.05, 0.1) is 18.8 Å². The van der Waals surface area contributed by atoms with Gasteiger partial charge in [0.2, 0.25) is 0 Å². The van der Waals surface area contributed by atoms with Gasteiger partial charge in [0.1, 0.15) is 48.3 Å². The monoisotopic (exact) mass is 660 g/mol. The van der Waals surface area contributed by atoms with E-state index in [4.69, 9.17) is 18.9 Å². The van der Waals surface area contributed by atoms with Gasteiger partial charge >= 0.3 is 0 Å². The summed E-state index contributed by atoms with van der Waals surface area (Å²) < 4.78 is 24.1. The predicted molar refractivity (Wildman–Crippen MR) is 160 cm³/mol. The third-order valence-electron chi connectivity index (χ3n) is 14.2. The largest absolute Gasteiger partial charge is 0.394 e. The van der Waals surface area contributed by atoms with E-state index in [0.717, 1.165) is 12.8 Å². The summed E-state index contributed by atoms with van der Waals surface area (Å²) in [6.45, 7) is 6.02. The van der Waals surface area contributed by atoms with E-state index in [2.05, 4.69) is 13.8 Å². The standard InChI is InChI=1S/C33H56O13/c1-15-21-19(46-33(15,43-4)9-5-6-12-44-29-26(39)23(36)22(35)20(14-34)45-29)13-18-16-7-11-32(42)28(41)25(38)24(37)27(40)31(32,3)17(16)8-10-30(18,21)2/h15-29,34-42H,5-14H2,1-4H3/t15-,16+,17-,18-,19-,20+,21-,22+,23-,24+,25-,26+,27+,28-,29+,30-,31-,32-,33+/m0/s1. The van der Waals surface area contributed by atoms with E-state index in [-0.39, 0.29) is 54.1 Å². The van der Waals surface area contributed by atoms with Gasteiger partial charge < -0.3 is 64.9 Å². The van der Waals surface area contributed by atoms with E-state index in [1.807, 2.05) is 0 Å². The van der Waals surface area contributed by atoms with Crippen molar-refractivity contribution in [2.24, 2.45) is 40.4 Å². The number of hydrogen-bond donors (Lipinski definition) is 9. The topological polar surface area (TPSA) is 219 Å². The van der Waals surface area contributed by atoms with Gasteiger partial charge in [-0.1, -0.05) is 20.8 Å². The number of hydrogen-bond acceptors (Lipinski definition) is 13. The van der Waals surface area contributed by atoms with E-state index in [0.29, 0.717) is 32.1 Å². The van der Waals surface area contributed by atoms with Crippen LogP contribution in [0.25, 0.3) is 0 Å². The molecule has 0 amide bonds. The Morgan fingerprint density at radius 1 is 0.826 bits per heavy atom. The van der Waals surface area contributed by atoms with E-state index in [9.17, 15) is 46.0 Å². The molecule has 0 unspecified atom stereocenters. The fraction of sp³-hybridized carbons (Fsp3) is 1.00. The lowest BCUT2D eigenvalue weighted by atomic mass is 9.41. The van der Waals surface area contributed by atoms with Crippen LogP contribution in [0, 0.1) is 40.4 Å². The van der Waals surface area contributed by atoms with E-state index < -0.39 is 78.5 Å². The molecule has 0 aromatic carbocycles. The summed E-state index contributed by atoms with van der Waals surface area (Å²) in [6.07, 6.45) is -7.44. The second-order valence-corrected chi connectivity index (χ2v) is 15.8. The molecular formula is C33H56O13. The first kappa shape index (κ1) is 35.3. The zero-order valence-electron chi connectivity index (χ0n) is 27.4. The highest BCUT2D eigenvalue weighted by Crippen LogP contribution is 2.71. The number of unbranched alkanes of at least 4 members (excludes halogenated alkanes) is 1. The molecule has 9 N–H and O–H groups in total. The minimum atomic E-state index is -1.70. The van der Waals surface area contributed by atoms with Crippen molar-refractivity contribution in [3.63, 3.8) is 0 Å². The van der Waals surface area contributed by atoms with Crippen molar-refractivity contribution in [3.05, 3.63) is 0 Å². The van der Waals surface area contributed by atoms with Crippen molar-refractivity contribution in [2.75, 3.05) is 20.3 Å². The van der Waals surface area contributed by atoms with Gasteiger partial charge in [-0.3, -0.25) is 0 Å². The molecular weight excluding hydrogens is 604 g/mol. The van der Waals surface area contributed by atoms with Crippen molar-refractivity contribution >= 4 is 0 Å². The minimum absolute atomic E-state index is 0.0306. The van der Waals surface area contributed by atoms with Crippen molar-refractivity contribution < 1.29 is 64.9 Å². The minimum Gasteiger partial charge on any atom is -0.394 e. The molecule has 2 saturated heterocycles. The van der Waals surface area contributed by atoms with Gasteiger partial charge in [0, 0.05) is 31.5 Å². The Kier molecular flexibility index (Phi) is 9.49. The van der Waals surface area contributed by atoms with Crippen LogP contribution in [0.2, 0.25) is 0 Å². The lowest BCUT2D eigenvalue weighted by molar-refractivity contribution is -0.324. The molecule has 4 saturated carbocycles. The molecule has 0 radical (unpaired) electrons. The third-order valence-corrected chi connectivity index (χ3v) is 14.2. The molecule has 266 valence electrons. The molecule has 2 aliphatic heterocycles. The van der Waals surface area contributed by atoms with Gasteiger partial charge in [0.25, 0.3) is 0 Å². The number of methoxy groups -OCH3 is 1. The molecule has 6 fully saturated rings. The Balaban J connectivity index is 1.10. The second-order valence-electron chi connectivity index (χ2n) is 15.8. The zero-order valence-corrected chi connectivity index (χ0v) is 27.4. The lowest BCUT2D eigenvalue weighted by Crippen LogP contribution is -2.77. The maximum absolute atomic E-state index is 11.8. The van der Waals surface area contributed by atoms with Crippen LogP contribution in [0.15, 0.2) is 0 Å². The Morgan fingerprint density at radius 2 is 1.52 bits per heavy atom. The first-order valence-electron chi connectivity index (χ1n) is 17.2. The molecule has 6 rings (SSSR count). The molecule has 6 aliphatic rings. The predicted octanol–water partition coefficient (Wildman–Crippen LogP) is -0.992. The summed E-state index contributed by atoms with van der Waals surface area (Å²) >= 11 is 0. The number of fused-ring (bicyclic) bond motifs is 7. The van der Waals surface area contributed by atoms with Crippen molar-refractivity contribution in [3.8, 4) is 0 Å². The first-order chi connectivity index (χ1) is 21.6. The van der Waals surface area contributed by atoms with E-state index in [1.54, 1.807) is 14.0 Å². The number of aliphatic hydroxyl groups excluding tert-OH is 8. The van der Waals surface area contributed by atoms with Crippen LogP contribution in [0.4, 0.5) is 0 Å². The average molecular weight is 661 g/mol. The van der Waals surface area contributed by atoms with Crippen LogP contribution < -0.4 is 0 Å². The van der Waals surface area contributed by atoms with Crippen LogP contribution in [0.1, 0.15) is 72.1 Å². The molecule has 46 heavy (non-hydrogen) atoms. The number of ether oxygens (including phenoxy) is 4. The summed E-state index contributed by atoms with van der Waals surface area (Å²) in [4.78, 5) is 0. The summed E-state index contributed by atoms with van der Waals surface area (Å²) in [7, 11) is 1.68. The van der Waals surface area contributed by atoms with E-state index in [1.165, 1.54) is 0 Å². The van der Waals surface area contributed by atoms with E-state index >= 15 is 0 Å². The third kappa shape index (κ3) is 4.83. The molecule has 13 heteroatoms. The van der Waals surface area contributed by atoms with Crippen LogP contribution in [-0.4, -0.2) is 139 Å². The van der Waals surface area contributed by atoms with Crippen LogP contribution in [0.3, 0.4) is 0 Å². The summed E-state index contributed by atoms with van der Waals surface area (Å²) in [5.74, 6) is -0.193. The summed E-state index contributed by atoms with van der Waals surface area (Å²) in [5, 5.41) is 94.8. The Bertz CT molecular complexity index is 1100. The normalized spacial score (nSPS) is 58.2. The Labute approximate surface area is 270 Å². The summed E-state index contributed by atoms with van der Waals surface area (Å²) in [6, 6.07) is 0. The molecule has 0 aromatic rings. The Hall–Kier alpha value is -0.520. The van der Waals surface area contributed by atoms with Gasteiger partial charge in [-0.25, -0.2) is 0 Å². The first-order valence-corrected chi connectivity index (χ1v) is 17.2. The van der Waals surface area contributed by atoms with Crippen molar-refractivity contribution in [1.82, 2.24) is 0 Å². The van der Waals surface area contributed by atoms with Crippen LogP contribution in [-0.2, 0) is 18.9 Å². The van der Waals surface area contributed by atoms with Crippen molar-refractivity contribution in [2.45, 2.75) is 145 Å². The molecule has 2 heterocycles. The average Bonchev–Trinajstić information content (AvgIpc) is 3.50. The molecule has 4 aliphatic carbocycles. The second kappa shape index (κ2) is 12.4. The molecule has 13 nitrogen and oxygen atoms in total.